The summed E-state index contributed by atoms with van der Waals surface area (Å²) in [6.45, 7) is 5.09. The molecule has 1 unspecified atom stereocenters. The molecule has 138 valence electrons. The molecule has 2 rings (SSSR count). The SMILES string of the molecule is C[C@@H]1CCCC[NH+]1CCCNC(=O)/C=C/c1cccc(C(F)(F)F)c1. The van der Waals surface area contributed by atoms with Gasteiger partial charge < -0.3 is 10.2 Å². The van der Waals surface area contributed by atoms with Crippen LogP contribution in [0.1, 0.15) is 43.7 Å². The maximum atomic E-state index is 12.6. The summed E-state index contributed by atoms with van der Waals surface area (Å²) in [5.41, 5.74) is -0.356. The summed E-state index contributed by atoms with van der Waals surface area (Å²) in [6.07, 6.45) is 3.06. The molecule has 1 aromatic rings. The van der Waals surface area contributed by atoms with E-state index in [1.807, 2.05) is 0 Å². The monoisotopic (exact) mass is 355 g/mol. The predicted octanol–water partition coefficient (Wildman–Crippen LogP) is 2.68. The Kier molecular flexibility index (Phi) is 7.05. The van der Waals surface area contributed by atoms with Gasteiger partial charge in [0, 0.05) is 19.0 Å². The lowest BCUT2D eigenvalue weighted by atomic mass is 10.0. The van der Waals surface area contributed by atoms with E-state index in [4.69, 9.17) is 0 Å². The number of carbonyl (C=O) groups is 1. The first-order chi connectivity index (χ1) is 11.9. The Morgan fingerprint density at radius 1 is 1.36 bits per heavy atom. The van der Waals surface area contributed by atoms with Gasteiger partial charge in [-0.1, -0.05) is 12.1 Å². The van der Waals surface area contributed by atoms with E-state index in [1.165, 1.54) is 44.0 Å². The van der Waals surface area contributed by atoms with Crippen molar-refractivity contribution in [2.75, 3.05) is 19.6 Å². The number of quaternary nitrogens is 1. The number of piperidine rings is 1. The van der Waals surface area contributed by atoms with Crippen LogP contribution in [0.3, 0.4) is 0 Å². The van der Waals surface area contributed by atoms with Crippen LogP contribution in [0.15, 0.2) is 30.3 Å². The van der Waals surface area contributed by atoms with Crippen molar-refractivity contribution >= 4 is 12.0 Å². The molecule has 3 nitrogen and oxygen atoms in total. The molecule has 0 saturated carbocycles. The second kappa shape index (κ2) is 9.04. The summed E-state index contributed by atoms with van der Waals surface area (Å²) in [5, 5.41) is 2.79. The van der Waals surface area contributed by atoms with E-state index in [0.717, 1.165) is 25.1 Å². The number of nitrogens with one attached hydrogen (secondary N) is 2. The minimum absolute atomic E-state index is 0.279. The van der Waals surface area contributed by atoms with Crippen molar-refractivity contribution < 1.29 is 22.9 Å². The Bertz CT molecular complexity index is 599. The fourth-order valence-corrected chi connectivity index (χ4v) is 3.20. The highest BCUT2D eigenvalue weighted by Crippen LogP contribution is 2.29. The molecule has 1 saturated heterocycles. The minimum Gasteiger partial charge on any atom is -0.352 e. The third-order valence-electron chi connectivity index (χ3n) is 4.70. The standard InChI is InChI=1S/C19H25F3N2O/c1-15-6-2-3-12-24(15)13-5-11-23-18(25)10-9-16-7-4-8-17(14-16)19(20,21)22/h4,7-10,14-15H,2-3,5-6,11-13H2,1H3,(H,23,25)/p+1/b10-9+/t15-/m1/s1. The van der Waals surface area contributed by atoms with E-state index in [-0.39, 0.29) is 5.91 Å². The number of carbonyl (C=O) groups excluding carboxylic acids is 1. The van der Waals surface area contributed by atoms with E-state index in [2.05, 4.69) is 12.2 Å². The lowest BCUT2D eigenvalue weighted by Crippen LogP contribution is -3.16. The first kappa shape index (κ1) is 19.5. The molecule has 25 heavy (non-hydrogen) atoms. The first-order valence-corrected chi connectivity index (χ1v) is 8.84. The highest BCUT2D eigenvalue weighted by Gasteiger charge is 2.30. The normalized spacial score (nSPS) is 21.4. The number of hydrogen-bond acceptors (Lipinski definition) is 1. The molecule has 1 aromatic carbocycles. The van der Waals surface area contributed by atoms with Crippen LogP contribution in [0, 0.1) is 0 Å². The molecule has 6 heteroatoms. The number of benzene rings is 1. The molecule has 2 atom stereocenters. The molecule has 1 heterocycles. The predicted molar refractivity (Wildman–Crippen MR) is 92.1 cm³/mol. The lowest BCUT2D eigenvalue weighted by Gasteiger charge is -2.30. The van der Waals surface area contributed by atoms with E-state index < -0.39 is 11.7 Å². The van der Waals surface area contributed by atoms with Crippen molar-refractivity contribution in [3.63, 3.8) is 0 Å². The number of amides is 1. The Hall–Kier alpha value is -1.82. The quantitative estimate of drug-likeness (QED) is 0.597. The number of alkyl halides is 3. The number of rotatable bonds is 6. The molecule has 0 radical (unpaired) electrons. The van der Waals surface area contributed by atoms with Crippen molar-refractivity contribution in [2.24, 2.45) is 0 Å². The maximum Gasteiger partial charge on any atom is 0.416 e. The second-order valence-corrected chi connectivity index (χ2v) is 6.66. The fourth-order valence-electron chi connectivity index (χ4n) is 3.20. The zero-order valence-corrected chi connectivity index (χ0v) is 14.5. The summed E-state index contributed by atoms with van der Waals surface area (Å²) in [7, 11) is 0. The summed E-state index contributed by atoms with van der Waals surface area (Å²) < 4.78 is 37.9. The third-order valence-corrected chi connectivity index (χ3v) is 4.70. The molecule has 0 aliphatic carbocycles. The zero-order valence-electron chi connectivity index (χ0n) is 14.5. The second-order valence-electron chi connectivity index (χ2n) is 6.66. The molecular formula is C19H26F3N2O+. The van der Waals surface area contributed by atoms with Crippen molar-refractivity contribution in [3.05, 3.63) is 41.5 Å². The third kappa shape index (κ3) is 6.53. The van der Waals surface area contributed by atoms with Gasteiger partial charge in [-0.25, -0.2) is 0 Å². The molecule has 1 amide bonds. The van der Waals surface area contributed by atoms with Crippen molar-refractivity contribution in [1.82, 2.24) is 5.32 Å². The van der Waals surface area contributed by atoms with Gasteiger partial charge in [0.05, 0.1) is 24.7 Å². The van der Waals surface area contributed by atoms with Gasteiger partial charge in [0.25, 0.3) is 0 Å². The number of hydrogen-bond donors (Lipinski definition) is 2. The highest BCUT2D eigenvalue weighted by molar-refractivity contribution is 5.91. The van der Waals surface area contributed by atoms with Gasteiger partial charge in [-0.15, -0.1) is 0 Å². The van der Waals surface area contributed by atoms with Crippen molar-refractivity contribution in [2.45, 2.75) is 44.8 Å². The average molecular weight is 355 g/mol. The van der Waals surface area contributed by atoms with Crippen LogP contribution >= 0.6 is 0 Å². The number of halogens is 3. The van der Waals surface area contributed by atoms with Crippen LogP contribution in [0.2, 0.25) is 0 Å². The molecule has 2 N–H and O–H groups in total. The minimum atomic E-state index is -4.37. The Labute approximate surface area is 146 Å². The van der Waals surface area contributed by atoms with Gasteiger partial charge >= 0.3 is 6.18 Å². The van der Waals surface area contributed by atoms with Gasteiger partial charge in [0.2, 0.25) is 5.91 Å². The maximum absolute atomic E-state index is 12.6. The summed E-state index contributed by atoms with van der Waals surface area (Å²) in [5.74, 6) is -0.279. The highest BCUT2D eigenvalue weighted by atomic mass is 19.4. The van der Waals surface area contributed by atoms with E-state index in [1.54, 1.807) is 11.0 Å². The zero-order chi connectivity index (χ0) is 18.3. The largest absolute Gasteiger partial charge is 0.416 e. The van der Waals surface area contributed by atoms with Gasteiger partial charge in [-0.2, -0.15) is 13.2 Å². The lowest BCUT2D eigenvalue weighted by molar-refractivity contribution is -0.928. The van der Waals surface area contributed by atoms with E-state index in [9.17, 15) is 18.0 Å². The van der Waals surface area contributed by atoms with Gasteiger partial charge in [0.1, 0.15) is 0 Å². The van der Waals surface area contributed by atoms with Crippen LogP contribution in [0.5, 0.6) is 0 Å². The fraction of sp³-hybridized carbons (Fsp3) is 0.526. The van der Waals surface area contributed by atoms with Crippen molar-refractivity contribution in [1.29, 1.82) is 0 Å². The number of likely N-dealkylation sites (tertiary alicyclic amines) is 1. The van der Waals surface area contributed by atoms with Gasteiger partial charge in [-0.05, 0) is 50.0 Å². The van der Waals surface area contributed by atoms with Gasteiger partial charge in [0.15, 0.2) is 0 Å². The van der Waals surface area contributed by atoms with Gasteiger partial charge in [-0.3, -0.25) is 4.79 Å². The van der Waals surface area contributed by atoms with Crippen LogP contribution in [0.25, 0.3) is 6.08 Å². The molecule has 1 fully saturated rings. The van der Waals surface area contributed by atoms with Crippen molar-refractivity contribution in [3.8, 4) is 0 Å². The molecular weight excluding hydrogens is 329 g/mol. The Balaban J connectivity index is 1.74. The molecule has 1 aliphatic heterocycles. The topological polar surface area (TPSA) is 33.5 Å². The Morgan fingerprint density at radius 2 is 2.16 bits per heavy atom. The van der Waals surface area contributed by atoms with Crippen LogP contribution < -0.4 is 10.2 Å². The molecule has 0 bridgehead atoms. The van der Waals surface area contributed by atoms with E-state index >= 15 is 0 Å². The first-order valence-electron chi connectivity index (χ1n) is 8.84. The molecule has 1 aliphatic rings. The smallest absolute Gasteiger partial charge is 0.352 e. The summed E-state index contributed by atoms with van der Waals surface area (Å²) >= 11 is 0. The van der Waals surface area contributed by atoms with E-state index in [0.29, 0.717) is 18.2 Å². The van der Waals surface area contributed by atoms with Crippen LogP contribution in [0.4, 0.5) is 13.2 Å². The van der Waals surface area contributed by atoms with Crippen LogP contribution in [-0.4, -0.2) is 31.6 Å². The van der Waals surface area contributed by atoms with Crippen LogP contribution in [-0.2, 0) is 11.0 Å². The molecule has 0 spiro atoms. The Morgan fingerprint density at radius 3 is 2.88 bits per heavy atom. The molecule has 0 aromatic heterocycles. The summed E-state index contributed by atoms with van der Waals surface area (Å²) in [6, 6.07) is 5.61. The average Bonchev–Trinajstić information content (AvgIpc) is 2.58. The summed E-state index contributed by atoms with van der Waals surface area (Å²) in [4.78, 5) is 13.4.